The van der Waals surface area contributed by atoms with Gasteiger partial charge in [0.15, 0.2) is 0 Å². The van der Waals surface area contributed by atoms with E-state index in [4.69, 9.17) is 5.11 Å². The molecule has 0 fully saturated rings. The summed E-state index contributed by atoms with van der Waals surface area (Å²) in [6.07, 6.45) is 1.18. The summed E-state index contributed by atoms with van der Waals surface area (Å²) < 4.78 is 0. The Morgan fingerprint density at radius 1 is 0.732 bits per heavy atom. The van der Waals surface area contributed by atoms with Crippen molar-refractivity contribution in [2.24, 2.45) is 0 Å². The lowest BCUT2D eigenvalue weighted by atomic mass is 10.1. The van der Waals surface area contributed by atoms with E-state index in [2.05, 4.69) is 26.6 Å². The molecule has 226 valence electrons. The lowest BCUT2D eigenvalue weighted by molar-refractivity contribution is -0.151. The number of carboxylic acid groups (broad SMARTS) is 2. The topological polar surface area (TPSA) is 257 Å². The lowest BCUT2D eigenvalue weighted by Crippen LogP contribution is -2.65. The average molecular weight is 583 g/mol. The van der Waals surface area contributed by atoms with Crippen LogP contribution < -0.4 is 26.6 Å². The second-order valence-corrected chi connectivity index (χ2v) is 9.38. The van der Waals surface area contributed by atoms with E-state index >= 15 is 0 Å². The minimum atomic E-state index is -2.26. The van der Waals surface area contributed by atoms with Crippen molar-refractivity contribution >= 4 is 53.3 Å². The molecule has 17 heteroatoms. The molecule has 0 aliphatic carbocycles. The van der Waals surface area contributed by atoms with Crippen LogP contribution in [0.4, 0.5) is 0 Å². The van der Waals surface area contributed by atoms with Crippen LogP contribution in [0.3, 0.4) is 0 Å². The Morgan fingerprint density at radius 3 is 1.68 bits per heavy atom. The number of hydrogen-bond donors (Lipinski definition) is 7. The summed E-state index contributed by atoms with van der Waals surface area (Å²) in [7, 11) is 0. The maximum Gasteiger partial charge on any atom is 0.350 e. The number of aliphatic carboxylic acids is 2. The van der Waals surface area contributed by atoms with Crippen LogP contribution in [0.1, 0.15) is 53.4 Å². The number of nitrogens with zero attached hydrogens (tertiary/aromatic N) is 1. The lowest BCUT2D eigenvalue weighted by Gasteiger charge is -2.29. The summed E-state index contributed by atoms with van der Waals surface area (Å²) in [5, 5.41) is 29.4. The molecule has 0 aromatic heterocycles. The molecule has 7 N–H and O–H groups in total. The van der Waals surface area contributed by atoms with E-state index in [0.717, 1.165) is 24.0 Å². The summed E-state index contributed by atoms with van der Waals surface area (Å²) in [5.74, 6) is -7.87. The second kappa shape index (κ2) is 15.1. The van der Waals surface area contributed by atoms with E-state index in [9.17, 15) is 48.3 Å². The average Bonchev–Trinajstić information content (AvgIpc) is 3.19. The minimum absolute atomic E-state index is 0.0413. The Morgan fingerprint density at radius 2 is 1.22 bits per heavy atom. The van der Waals surface area contributed by atoms with E-state index in [1.54, 1.807) is 0 Å². The first-order valence-electron chi connectivity index (χ1n) is 12.5. The third-order valence-corrected chi connectivity index (χ3v) is 5.73. The first-order chi connectivity index (χ1) is 19.0. The van der Waals surface area contributed by atoms with Crippen LogP contribution in [-0.4, -0.2) is 98.7 Å². The van der Waals surface area contributed by atoms with Gasteiger partial charge in [0.05, 0.1) is 0 Å². The highest BCUT2D eigenvalue weighted by molar-refractivity contribution is 6.12. The molecule has 1 aliphatic rings. The Balaban J connectivity index is 2.52. The first kappa shape index (κ1) is 34.2. The van der Waals surface area contributed by atoms with Gasteiger partial charge in [-0.15, -0.1) is 0 Å². The van der Waals surface area contributed by atoms with Crippen LogP contribution in [0.2, 0.25) is 0 Å². The van der Waals surface area contributed by atoms with Crippen molar-refractivity contribution in [1.82, 2.24) is 31.5 Å². The highest BCUT2D eigenvalue weighted by Gasteiger charge is 2.38. The standard InChI is InChI=1S/C24H34N6O11/c1-12(20(36)27-14(3)22(38)39)25-15(31)7-8-16(32)26-13(2)21(37)29-24(4,23(40)41)28-17(33)6-5-11-30-18(34)9-10-19(30)35/h9-10,12-14H,5-8,11H2,1-4H3,(H,25,31)(H,26,32)(H,27,36)(H,28,33)(H,29,37)(H,38,39)(H,40,41). The number of imide groups is 1. The molecule has 1 heterocycles. The van der Waals surface area contributed by atoms with Gasteiger partial charge in [0, 0.05) is 38.0 Å². The molecule has 41 heavy (non-hydrogen) atoms. The zero-order chi connectivity index (χ0) is 31.5. The van der Waals surface area contributed by atoms with Crippen LogP contribution in [0.15, 0.2) is 12.2 Å². The number of rotatable bonds is 16. The minimum Gasteiger partial charge on any atom is -0.480 e. The van der Waals surface area contributed by atoms with Crippen molar-refractivity contribution in [3.63, 3.8) is 0 Å². The smallest absolute Gasteiger partial charge is 0.350 e. The SMILES string of the molecule is CC(NC(=O)C(C)NC(=O)CCC(=O)NC(C)C(=O)NC(C)(NC(=O)CCCN1C(=O)C=CC1=O)C(=O)O)C(=O)O. The van der Waals surface area contributed by atoms with Crippen LogP contribution in [-0.2, 0) is 43.2 Å². The Bertz CT molecular complexity index is 1120. The monoisotopic (exact) mass is 582 g/mol. The molecule has 0 saturated heterocycles. The number of nitrogens with one attached hydrogen (secondary N) is 5. The van der Waals surface area contributed by atoms with Crippen LogP contribution >= 0.6 is 0 Å². The molecule has 0 radical (unpaired) electrons. The summed E-state index contributed by atoms with van der Waals surface area (Å²) >= 11 is 0. The highest BCUT2D eigenvalue weighted by Crippen LogP contribution is 2.07. The molecule has 0 aromatic rings. The van der Waals surface area contributed by atoms with Gasteiger partial charge in [0.2, 0.25) is 35.2 Å². The zero-order valence-electron chi connectivity index (χ0n) is 22.9. The van der Waals surface area contributed by atoms with Gasteiger partial charge in [0.25, 0.3) is 11.8 Å². The van der Waals surface area contributed by atoms with E-state index < -0.39 is 83.5 Å². The molecule has 1 rings (SSSR count). The fourth-order valence-electron chi connectivity index (χ4n) is 3.27. The van der Waals surface area contributed by atoms with E-state index in [0.29, 0.717) is 0 Å². The van der Waals surface area contributed by atoms with Gasteiger partial charge in [-0.25, -0.2) is 4.79 Å². The fourth-order valence-corrected chi connectivity index (χ4v) is 3.27. The van der Waals surface area contributed by atoms with Crippen LogP contribution in [0.5, 0.6) is 0 Å². The third kappa shape index (κ3) is 11.1. The second-order valence-electron chi connectivity index (χ2n) is 9.38. The maximum absolute atomic E-state index is 12.5. The van der Waals surface area contributed by atoms with Gasteiger partial charge in [-0.3, -0.25) is 43.3 Å². The molecule has 0 bridgehead atoms. The predicted octanol–water partition coefficient (Wildman–Crippen LogP) is -2.90. The summed E-state index contributed by atoms with van der Waals surface area (Å²) in [4.78, 5) is 108. The quantitative estimate of drug-likeness (QED) is 0.0717. The predicted molar refractivity (Wildman–Crippen MR) is 137 cm³/mol. The molecule has 1 aliphatic heterocycles. The highest BCUT2D eigenvalue weighted by atomic mass is 16.4. The Hall–Kier alpha value is -4.83. The molecule has 0 spiro atoms. The van der Waals surface area contributed by atoms with Crippen molar-refractivity contribution in [3.05, 3.63) is 12.2 Å². The summed E-state index contributed by atoms with van der Waals surface area (Å²) in [6, 6.07) is -3.53. The summed E-state index contributed by atoms with van der Waals surface area (Å²) in [5.41, 5.74) is -2.26. The molecular weight excluding hydrogens is 548 g/mol. The van der Waals surface area contributed by atoms with Crippen molar-refractivity contribution in [1.29, 1.82) is 0 Å². The van der Waals surface area contributed by atoms with E-state index in [1.165, 1.54) is 20.8 Å². The van der Waals surface area contributed by atoms with Crippen LogP contribution in [0, 0.1) is 0 Å². The maximum atomic E-state index is 12.5. The molecule has 0 saturated carbocycles. The van der Waals surface area contributed by atoms with Crippen LogP contribution in [0.25, 0.3) is 0 Å². The number of carboxylic acids is 2. The zero-order valence-corrected chi connectivity index (χ0v) is 22.9. The molecule has 17 nitrogen and oxygen atoms in total. The number of amides is 7. The number of carbonyl (C=O) groups excluding carboxylic acids is 7. The van der Waals surface area contributed by atoms with Gasteiger partial charge >= 0.3 is 11.9 Å². The number of hydrogen-bond acceptors (Lipinski definition) is 9. The Kier molecular flexibility index (Phi) is 12.6. The van der Waals surface area contributed by atoms with Crippen molar-refractivity contribution in [2.45, 2.75) is 77.2 Å². The summed E-state index contributed by atoms with van der Waals surface area (Å²) in [6.45, 7) is 4.75. The van der Waals surface area contributed by atoms with Gasteiger partial charge in [0.1, 0.15) is 18.1 Å². The third-order valence-electron chi connectivity index (χ3n) is 5.73. The van der Waals surface area contributed by atoms with Crippen molar-refractivity contribution in [3.8, 4) is 0 Å². The molecular formula is C24H34N6O11. The van der Waals surface area contributed by atoms with Gasteiger partial charge in [-0.05, 0) is 34.1 Å². The van der Waals surface area contributed by atoms with Gasteiger partial charge in [-0.1, -0.05) is 0 Å². The van der Waals surface area contributed by atoms with E-state index in [-0.39, 0.29) is 25.8 Å². The molecule has 4 atom stereocenters. The van der Waals surface area contributed by atoms with E-state index in [1.807, 2.05) is 0 Å². The number of carbonyl (C=O) groups is 9. The fraction of sp³-hybridized carbons (Fsp3) is 0.542. The largest absolute Gasteiger partial charge is 0.480 e. The van der Waals surface area contributed by atoms with Crippen molar-refractivity contribution in [2.75, 3.05) is 6.54 Å². The van der Waals surface area contributed by atoms with Crippen molar-refractivity contribution < 1.29 is 53.4 Å². The normalized spacial score (nSPS) is 16.0. The molecule has 4 unspecified atom stereocenters. The molecule has 0 aromatic carbocycles. The van der Waals surface area contributed by atoms with Gasteiger partial charge < -0.3 is 36.8 Å². The Labute approximate surface area is 234 Å². The molecule has 7 amide bonds. The van der Waals surface area contributed by atoms with Gasteiger partial charge in [-0.2, -0.15) is 0 Å². The first-order valence-corrected chi connectivity index (χ1v) is 12.5.